The van der Waals surface area contributed by atoms with Crippen molar-refractivity contribution in [3.63, 3.8) is 0 Å². The fourth-order valence-electron chi connectivity index (χ4n) is 0.594. The van der Waals surface area contributed by atoms with Crippen LogP contribution in [0.5, 0.6) is 0 Å². The highest BCUT2D eigenvalue weighted by atomic mass is 16.1. The average Bonchev–Trinajstić information content (AvgIpc) is 2.09. The monoisotopic (exact) mass is 167 g/mol. The number of rotatable bonds is 2. The Hall–Kier alpha value is -1.45. The lowest BCUT2D eigenvalue weighted by Crippen LogP contribution is -1.97. The summed E-state index contributed by atoms with van der Waals surface area (Å²) >= 11 is 0. The molecule has 0 atom stereocenters. The maximum Gasteiger partial charge on any atom is 0.212 e. The van der Waals surface area contributed by atoms with Crippen LogP contribution in [0.25, 0.3) is 0 Å². The maximum atomic E-state index is 9.91. The molecule has 0 fully saturated rings. The number of aromatic nitrogens is 2. The summed E-state index contributed by atoms with van der Waals surface area (Å²) in [6, 6.07) is 1.69. The van der Waals surface area contributed by atoms with E-state index in [1.165, 1.54) is 6.33 Å². The molecule has 0 saturated carbocycles. The van der Waals surface area contributed by atoms with Gasteiger partial charge in [0.05, 0.1) is 0 Å². The molecule has 1 aromatic heterocycles. The Morgan fingerprint density at radius 1 is 1.42 bits per heavy atom. The summed E-state index contributed by atoms with van der Waals surface area (Å²) in [4.78, 5) is 17.5. The minimum absolute atomic E-state index is 0.530. The molecule has 1 N–H and O–H groups in total. The largest absolute Gasteiger partial charge is 0.313 e. The van der Waals surface area contributed by atoms with E-state index in [-0.39, 0.29) is 0 Å². The number of anilines is 1. The van der Waals surface area contributed by atoms with E-state index in [9.17, 15) is 4.79 Å². The first-order chi connectivity index (χ1) is 5.83. The quantitative estimate of drug-likeness (QED) is 0.677. The molecule has 0 radical (unpaired) electrons. The predicted octanol–water partition coefficient (Wildman–Crippen LogP) is 1.38. The van der Waals surface area contributed by atoms with Crippen LogP contribution in [0.4, 0.5) is 5.82 Å². The molecule has 0 aliphatic heterocycles. The molecule has 1 rings (SSSR count). The van der Waals surface area contributed by atoms with E-state index >= 15 is 0 Å². The lowest BCUT2D eigenvalue weighted by atomic mass is 10.4. The van der Waals surface area contributed by atoms with E-state index < -0.39 is 0 Å². The van der Waals surface area contributed by atoms with Gasteiger partial charge in [-0.2, -0.15) is 0 Å². The maximum absolute atomic E-state index is 9.91. The molecule has 0 unspecified atom stereocenters. The number of carbonyl (C=O) groups is 1. The second-order valence-electron chi connectivity index (χ2n) is 1.81. The number of aryl methyl sites for hydroxylation is 1. The standard InChI is InChI=1S/C6H7N3O.C2H6/c1-5-2-6(9-4-10)8-3-7-5;1-2/h2-4H,1H3,(H,7,8,9,10);1-2H3. The van der Waals surface area contributed by atoms with Crippen molar-refractivity contribution < 1.29 is 4.79 Å². The van der Waals surface area contributed by atoms with Crippen molar-refractivity contribution in [1.29, 1.82) is 0 Å². The molecule has 4 heteroatoms. The first kappa shape index (κ1) is 10.6. The van der Waals surface area contributed by atoms with Crippen LogP contribution in [0.3, 0.4) is 0 Å². The zero-order valence-corrected chi connectivity index (χ0v) is 7.53. The lowest BCUT2D eigenvalue weighted by molar-refractivity contribution is -0.105. The Balaban J connectivity index is 0.000000561. The molecule has 0 bridgehead atoms. The highest BCUT2D eigenvalue weighted by Crippen LogP contribution is 1.99. The van der Waals surface area contributed by atoms with E-state index in [1.807, 2.05) is 20.8 Å². The average molecular weight is 167 g/mol. The SMILES string of the molecule is CC.Cc1cc(NC=O)ncn1. The van der Waals surface area contributed by atoms with Gasteiger partial charge in [-0.15, -0.1) is 0 Å². The van der Waals surface area contributed by atoms with Crippen LogP contribution in [0.15, 0.2) is 12.4 Å². The number of nitrogens with one attached hydrogen (secondary N) is 1. The molecule has 1 aromatic rings. The Morgan fingerprint density at radius 2 is 2.08 bits per heavy atom. The molecule has 4 nitrogen and oxygen atoms in total. The smallest absolute Gasteiger partial charge is 0.212 e. The Morgan fingerprint density at radius 3 is 2.58 bits per heavy atom. The molecule has 66 valence electrons. The van der Waals surface area contributed by atoms with Gasteiger partial charge in [-0.1, -0.05) is 13.8 Å². The highest BCUT2D eigenvalue weighted by Gasteiger charge is 1.90. The fraction of sp³-hybridized carbons (Fsp3) is 0.375. The van der Waals surface area contributed by atoms with Gasteiger partial charge in [-0.25, -0.2) is 9.97 Å². The zero-order chi connectivity index (χ0) is 9.40. The van der Waals surface area contributed by atoms with Crippen LogP contribution in [-0.2, 0) is 4.79 Å². The Bertz CT molecular complexity index is 237. The third-order valence-corrected chi connectivity index (χ3v) is 1.01. The first-order valence-corrected chi connectivity index (χ1v) is 3.82. The number of carbonyl (C=O) groups excluding carboxylic acids is 1. The normalized spacial score (nSPS) is 7.92. The highest BCUT2D eigenvalue weighted by molar-refractivity contribution is 5.68. The van der Waals surface area contributed by atoms with Gasteiger partial charge in [-0.05, 0) is 6.92 Å². The second kappa shape index (κ2) is 6.27. The number of amides is 1. The van der Waals surface area contributed by atoms with Crippen molar-refractivity contribution in [2.24, 2.45) is 0 Å². The molecule has 0 aromatic carbocycles. The van der Waals surface area contributed by atoms with Gasteiger partial charge >= 0.3 is 0 Å². The van der Waals surface area contributed by atoms with Crippen LogP contribution in [0.2, 0.25) is 0 Å². The number of hydrogen-bond acceptors (Lipinski definition) is 3. The minimum atomic E-state index is 0.530. The van der Waals surface area contributed by atoms with Gasteiger partial charge in [0.25, 0.3) is 0 Å². The van der Waals surface area contributed by atoms with Crippen LogP contribution < -0.4 is 5.32 Å². The Kier molecular flexibility index (Phi) is 5.51. The topological polar surface area (TPSA) is 54.9 Å². The van der Waals surface area contributed by atoms with Crippen LogP contribution in [0, 0.1) is 6.92 Å². The summed E-state index contributed by atoms with van der Waals surface area (Å²) in [5, 5.41) is 2.42. The van der Waals surface area contributed by atoms with Gasteiger partial charge in [0.15, 0.2) is 0 Å². The molecule has 0 saturated heterocycles. The third-order valence-electron chi connectivity index (χ3n) is 1.01. The van der Waals surface area contributed by atoms with Crippen molar-refractivity contribution in [2.45, 2.75) is 20.8 Å². The van der Waals surface area contributed by atoms with Gasteiger partial charge < -0.3 is 5.32 Å². The third kappa shape index (κ3) is 3.65. The molecule has 12 heavy (non-hydrogen) atoms. The van der Waals surface area contributed by atoms with Gasteiger partial charge in [0, 0.05) is 11.8 Å². The summed E-state index contributed by atoms with van der Waals surface area (Å²) in [5.74, 6) is 0.530. The number of nitrogens with zero attached hydrogens (tertiary/aromatic N) is 2. The molecule has 1 heterocycles. The second-order valence-corrected chi connectivity index (χ2v) is 1.81. The Labute approximate surface area is 72.0 Å². The fourth-order valence-corrected chi connectivity index (χ4v) is 0.594. The van der Waals surface area contributed by atoms with Crippen molar-refractivity contribution in [1.82, 2.24) is 9.97 Å². The van der Waals surface area contributed by atoms with Crippen molar-refractivity contribution in [2.75, 3.05) is 5.32 Å². The minimum Gasteiger partial charge on any atom is -0.313 e. The summed E-state index contributed by atoms with van der Waals surface area (Å²) < 4.78 is 0. The summed E-state index contributed by atoms with van der Waals surface area (Å²) in [7, 11) is 0. The van der Waals surface area contributed by atoms with E-state index in [0.29, 0.717) is 12.2 Å². The van der Waals surface area contributed by atoms with Crippen molar-refractivity contribution >= 4 is 12.2 Å². The van der Waals surface area contributed by atoms with Crippen molar-refractivity contribution in [3.8, 4) is 0 Å². The van der Waals surface area contributed by atoms with E-state index in [0.717, 1.165) is 5.69 Å². The summed E-state index contributed by atoms with van der Waals surface area (Å²) in [5.41, 5.74) is 0.833. The molecular weight excluding hydrogens is 154 g/mol. The summed E-state index contributed by atoms with van der Waals surface area (Å²) in [6.45, 7) is 5.83. The van der Waals surface area contributed by atoms with Crippen LogP contribution in [-0.4, -0.2) is 16.4 Å². The zero-order valence-electron chi connectivity index (χ0n) is 7.53. The van der Waals surface area contributed by atoms with Gasteiger partial charge in [0.1, 0.15) is 12.1 Å². The lowest BCUT2D eigenvalue weighted by Gasteiger charge is -1.95. The van der Waals surface area contributed by atoms with Crippen LogP contribution >= 0.6 is 0 Å². The van der Waals surface area contributed by atoms with E-state index in [2.05, 4.69) is 15.3 Å². The molecular formula is C8H13N3O. The van der Waals surface area contributed by atoms with Gasteiger partial charge in [0.2, 0.25) is 6.41 Å². The molecule has 0 aliphatic carbocycles. The molecule has 0 spiro atoms. The molecule has 1 amide bonds. The van der Waals surface area contributed by atoms with Gasteiger partial charge in [-0.3, -0.25) is 4.79 Å². The predicted molar refractivity (Wildman–Crippen MR) is 47.8 cm³/mol. The first-order valence-electron chi connectivity index (χ1n) is 3.82. The van der Waals surface area contributed by atoms with E-state index in [1.54, 1.807) is 6.07 Å². The number of hydrogen-bond donors (Lipinski definition) is 1. The van der Waals surface area contributed by atoms with Crippen molar-refractivity contribution in [3.05, 3.63) is 18.1 Å². The summed E-state index contributed by atoms with van der Waals surface area (Å²) in [6.07, 6.45) is 1.99. The van der Waals surface area contributed by atoms with E-state index in [4.69, 9.17) is 0 Å². The molecule has 0 aliphatic rings. The van der Waals surface area contributed by atoms with Crippen LogP contribution in [0.1, 0.15) is 19.5 Å².